The first kappa shape index (κ1) is 24.0. The summed E-state index contributed by atoms with van der Waals surface area (Å²) >= 11 is 3.28. The van der Waals surface area contributed by atoms with Crippen LogP contribution in [0.2, 0.25) is 0 Å². The summed E-state index contributed by atoms with van der Waals surface area (Å²) in [7, 11) is 0. The molecule has 0 saturated carbocycles. The normalized spacial score (nSPS) is 10.3. The van der Waals surface area contributed by atoms with Gasteiger partial charge in [0.1, 0.15) is 0 Å². The molecule has 2 rings (SSSR count). The van der Waals surface area contributed by atoms with Crippen molar-refractivity contribution in [2.45, 2.75) is 13.8 Å². The highest BCUT2D eigenvalue weighted by Crippen LogP contribution is 2.15. The molecule has 0 aliphatic heterocycles. The maximum atomic E-state index is 12.3. The molecule has 2 aromatic rings. The second-order valence-corrected chi connectivity index (χ2v) is 7.45. The first-order chi connectivity index (χ1) is 14.8. The van der Waals surface area contributed by atoms with Crippen LogP contribution in [-0.2, 0) is 14.4 Å². The Bertz CT molecular complexity index is 949. The van der Waals surface area contributed by atoms with E-state index in [1.165, 1.54) is 6.92 Å². The van der Waals surface area contributed by atoms with Gasteiger partial charge < -0.3 is 10.6 Å². The Morgan fingerprint density at radius 2 is 1.42 bits per heavy atom. The van der Waals surface area contributed by atoms with Gasteiger partial charge in [-0.2, -0.15) is 0 Å². The molecule has 0 bridgehead atoms. The summed E-state index contributed by atoms with van der Waals surface area (Å²) in [4.78, 5) is 49.2. The Morgan fingerprint density at radius 3 is 2.00 bits per heavy atom. The summed E-state index contributed by atoms with van der Waals surface area (Å²) in [5, 5.41) is 5.38. The molecule has 10 heteroatoms. The molecule has 4 N–H and O–H groups in total. The highest BCUT2D eigenvalue weighted by molar-refractivity contribution is 9.10. The summed E-state index contributed by atoms with van der Waals surface area (Å²) in [5.41, 5.74) is 6.29. The van der Waals surface area contributed by atoms with Crippen LogP contribution in [0.5, 0.6) is 0 Å². The second kappa shape index (κ2) is 11.8. The standard InChI is InChI=1S/C21H24BrN5O4/c1-3-27(12-19(29)24-16-10-8-15(9-11-16)23-14(2)28)13-20(30)25-26-21(31)17-6-4-5-7-18(17)22/h4-11H,3,12-13H2,1-2H3,(H,23,28)(H,24,29)(H,25,30)(H,26,31). The molecule has 31 heavy (non-hydrogen) atoms. The number of anilines is 2. The maximum absolute atomic E-state index is 12.3. The van der Waals surface area contributed by atoms with E-state index in [0.29, 0.717) is 28.0 Å². The lowest BCUT2D eigenvalue weighted by atomic mass is 10.2. The van der Waals surface area contributed by atoms with Gasteiger partial charge in [-0.1, -0.05) is 19.1 Å². The third kappa shape index (κ3) is 8.19. The lowest BCUT2D eigenvalue weighted by Crippen LogP contribution is -2.47. The van der Waals surface area contributed by atoms with Crippen molar-refractivity contribution in [2.75, 3.05) is 30.3 Å². The van der Waals surface area contributed by atoms with Crippen LogP contribution < -0.4 is 21.5 Å². The Balaban J connectivity index is 1.80. The summed E-state index contributed by atoms with van der Waals surface area (Å²) < 4.78 is 0.610. The van der Waals surface area contributed by atoms with Crippen LogP contribution in [0.1, 0.15) is 24.2 Å². The van der Waals surface area contributed by atoms with Crippen molar-refractivity contribution >= 4 is 50.9 Å². The number of amides is 4. The second-order valence-electron chi connectivity index (χ2n) is 6.59. The summed E-state index contributed by atoms with van der Waals surface area (Å²) in [6.45, 7) is 3.62. The first-order valence-corrected chi connectivity index (χ1v) is 10.3. The van der Waals surface area contributed by atoms with Crippen molar-refractivity contribution in [3.8, 4) is 0 Å². The average molecular weight is 490 g/mol. The molecule has 0 aromatic heterocycles. The summed E-state index contributed by atoms with van der Waals surface area (Å²) in [6.07, 6.45) is 0. The van der Waals surface area contributed by atoms with Gasteiger partial charge in [0.2, 0.25) is 11.8 Å². The molecule has 164 valence electrons. The molecular weight excluding hydrogens is 466 g/mol. The lowest BCUT2D eigenvalue weighted by Gasteiger charge is -2.19. The molecule has 0 fully saturated rings. The van der Waals surface area contributed by atoms with Crippen LogP contribution in [0.4, 0.5) is 11.4 Å². The van der Waals surface area contributed by atoms with Crippen LogP contribution in [0.25, 0.3) is 0 Å². The minimum Gasteiger partial charge on any atom is -0.326 e. The Morgan fingerprint density at radius 1 is 0.839 bits per heavy atom. The Hall–Kier alpha value is -3.24. The maximum Gasteiger partial charge on any atom is 0.270 e. The smallest absolute Gasteiger partial charge is 0.270 e. The van der Waals surface area contributed by atoms with E-state index < -0.39 is 11.8 Å². The number of nitrogens with zero attached hydrogens (tertiary/aromatic N) is 1. The Labute approximate surface area is 188 Å². The fourth-order valence-corrected chi connectivity index (χ4v) is 3.07. The predicted octanol–water partition coefficient (Wildman–Crippen LogP) is 2.13. The summed E-state index contributed by atoms with van der Waals surface area (Å²) in [5.74, 6) is -1.38. The number of halogens is 1. The van der Waals surface area contributed by atoms with Crippen LogP contribution in [0.3, 0.4) is 0 Å². The molecule has 0 radical (unpaired) electrons. The average Bonchev–Trinajstić information content (AvgIpc) is 2.73. The number of hydrazine groups is 1. The molecule has 9 nitrogen and oxygen atoms in total. The van der Waals surface area contributed by atoms with Gasteiger partial charge in [0.15, 0.2) is 0 Å². The Kier molecular flexibility index (Phi) is 9.16. The zero-order valence-corrected chi connectivity index (χ0v) is 18.8. The zero-order chi connectivity index (χ0) is 22.8. The molecular formula is C21H24BrN5O4. The van der Waals surface area contributed by atoms with Crippen molar-refractivity contribution in [3.05, 3.63) is 58.6 Å². The molecule has 0 atom stereocenters. The van der Waals surface area contributed by atoms with E-state index in [-0.39, 0.29) is 24.9 Å². The van der Waals surface area contributed by atoms with Gasteiger partial charge in [0.05, 0.1) is 18.7 Å². The third-order valence-corrected chi connectivity index (χ3v) is 4.80. The van der Waals surface area contributed by atoms with Gasteiger partial charge in [-0.05, 0) is 58.9 Å². The van der Waals surface area contributed by atoms with Crippen molar-refractivity contribution in [2.24, 2.45) is 0 Å². The van der Waals surface area contributed by atoms with Crippen LogP contribution in [-0.4, -0.2) is 48.2 Å². The number of hydrogen-bond donors (Lipinski definition) is 4. The minimum absolute atomic E-state index is 0.00442. The van der Waals surface area contributed by atoms with Gasteiger partial charge >= 0.3 is 0 Å². The van der Waals surface area contributed by atoms with E-state index >= 15 is 0 Å². The van der Waals surface area contributed by atoms with Gasteiger partial charge in [0.25, 0.3) is 11.8 Å². The number of likely N-dealkylation sites (N-methyl/N-ethyl adjacent to an activating group) is 1. The highest BCUT2D eigenvalue weighted by atomic mass is 79.9. The van der Waals surface area contributed by atoms with E-state index in [9.17, 15) is 19.2 Å². The van der Waals surface area contributed by atoms with Gasteiger partial charge in [0, 0.05) is 22.8 Å². The fraction of sp³-hybridized carbons (Fsp3) is 0.238. The molecule has 0 saturated heterocycles. The van der Waals surface area contributed by atoms with Crippen molar-refractivity contribution in [3.63, 3.8) is 0 Å². The number of carbonyl (C=O) groups is 4. The first-order valence-electron chi connectivity index (χ1n) is 9.52. The molecule has 0 heterocycles. The zero-order valence-electron chi connectivity index (χ0n) is 17.2. The quantitative estimate of drug-likeness (QED) is 0.423. The minimum atomic E-state index is -0.454. The van der Waals surface area contributed by atoms with E-state index in [0.717, 1.165) is 0 Å². The van der Waals surface area contributed by atoms with Gasteiger partial charge in [-0.15, -0.1) is 0 Å². The molecule has 0 unspecified atom stereocenters. The molecule has 0 aliphatic rings. The van der Waals surface area contributed by atoms with Crippen LogP contribution in [0, 0.1) is 0 Å². The van der Waals surface area contributed by atoms with Crippen molar-refractivity contribution in [1.29, 1.82) is 0 Å². The largest absolute Gasteiger partial charge is 0.326 e. The van der Waals surface area contributed by atoms with E-state index in [2.05, 4.69) is 37.4 Å². The summed E-state index contributed by atoms with van der Waals surface area (Å²) in [6, 6.07) is 13.5. The third-order valence-electron chi connectivity index (χ3n) is 4.10. The number of rotatable bonds is 8. The number of nitrogens with one attached hydrogen (secondary N) is 4. The fourth-order valence-electron chi connectivity index (χ4n) is 2.61. The molecule has 4 amide bonds. The van der Waals surface area contributed by atoms with E-state index in [1.807, 2.05) is 6.92 Å². The topological polar surface area (TPSA) is 120 Å². The van der Waals surface area contributed by atoms with Crippen LogP contribution >= 0.6 is 15.9 Å². The number of benzene rings is 2. The molecule has 0 spiro atoms. The van der Waals surface area contributed by atoms with Crippen LogP contribution in [0.15, 0.2) is 53.0 Å². The highest BCUT2D eigenvalue weighted by Gasteiger charge is 2.15. The predicted molar refractivity (Wildman–Crippen MR) is 121 cm³/mol. The molecule has 0 aliphatic carbocycles. The lowest BCUT2D eigenvalue weighted by molar-refractivity contribution is -0.124. The van der Waals surface area contributed by atoms with Gasteiger partial charge in [-0.25, -0.2) is 0 Å². The van der Waals surface area contributed by atoms with Gasteiger partial charge in [-0.3, -0.25) is 34.9 Å². The monoisotopic (exact) mass is 489 g/mol. The number of carbonyl (C=O) groups excluding carboxylic acids is 4. The molecule has 2 aromatic carbocycles. The van der Waals surface area contributed by atoms with E-state index in [4.69, 9.17) is 0 Å². The van der Waals surface area contributed by atoms with Crippen molar-refractivity contribution < 1.29 is 19.2 Å². The number of hydrogen-bond acceptors (Lipinski definition) is 5. The SMILES string of the molecule is CCN(CC(=O)NNC(=O)c1ccccc1Br)CC(=O)Nc1ccc(NC(C)=O)cc1. The van der Waals surface area contributed by atoms with E-state index in [1.54, 1.807) is 53.4 Å². The van der Waals surface area contributed by atoms with Crippen molar-refractivity contribution in [1.82, 2.24) is 15.8 Å².